The van der Waals surface area contributed by atoms with Crippen LogP contribution in [0.1, 0.15) is 141 Å². The van der Waals surface area contributed by atoms with Crippen LogP contribution in [0.2, 0.25) is 0 Å². The first-order valence-corrected chi connectivity index (χ1v) is 13.9. The van der Waals surface area contributed by atoms with Gasteiger partial charge in [0, 0.05) is 0 Å². The van der Waals surface area contributed by atoms with Crippen LogP contribution in [0.15, 0.2) is 24.3 Å². The van der Waals surface area contributed by atoms with Crippen molar-refractivity contribution in [2.75, 3.05) is 6.61 Å². The molecule has 0 heterocycles. The van der Waals surface area contributed by atoms with Crippen LogP contribution in [0.4, 0.5) is 0 Å². The maximum absolute atomic E-state index is 5.93. The SMILES string of the molecule is CCCCCCC[CH]CCCCc1ccc(OCCCCCCCCCCCC)cc1. The van der Waals surface area contributed by atoms with Gasteiger partial charge in [-0.1, -0.05) is 135 Å². The Bertz CT molecular complexity index is 464. The summed E-state index contributed by atoms with van der Waals surface area (Å²) >= 11 is 0. The van der Waals surface area contributed by atoms with Crippen molar-refractivity contribution in [2.24, 2.45) is 0 Å². The van der Waals surface area contributed by atoms with Crippen molar-refractivity contribution in [2.45, 2.75) is 142 Å². The molecule has 0 N–H and O–H groups in total. The third-order valence-corrected chi connectivity index (χ3v) is 6.33. The molecule has 0 amide bonds. The Morgan fingerprint density at radius 3 is 1.61 bits per heavy atom. The highest BCUT2D eigenvalue weighted by Crippen LogP contribution is 2.16. The number of hydrogen-bond donors (Lipinski definition) is 0. The van der Waals surface area contributed by atoms with Gasteiger partial charge in [-0.15, -0.1) is 0 Å². The zero-order valence-electron chi connectivity index (χ0n) is 21.1. The Kier molecular flexibility index (Phi) is 20.1. The lowest BCUT2D eigenvalue weighted by Crippen LogP contribution is -1.97. The smallest absolute Gasteiger partial charge is 0.119 e. The van der Waals surface area contributed by atoms with Gasteiger partial charge in [0.05, 0.1) is 6.61 Å². The lowest BCUT2D eigenvalue weighted by molar-refractivity contribution is 0.304. The van der Waals surface area contributed by atoms with Gasteiger partial charge in [0.2, 0.25) is 0 Å². The largest absolute Gasteiger partial charge is 0.494 e. The molecule has 1 aromatic rings. The van der Waals surface area contributed by atoms with Gasteiger partial charge in [0.25, 0.3) is 0 Å². The molecule has 0 atom stereocenters. The summed E-state index contributed by atoms with van der Waals surface area (Å²) in [4.78, 5) is 0. The van der Waals surface area contributed by atoms with Crippen LogP contribution in [0.5, 0.6) is 5.75 Å². The predicted octanol–water partition coefficient (Wildman–Crippen LogP) is 10.3. The molecule has 179 valence electrons. The number of hydrogen-bond acceptors (Lipinski definition) is 1. The van der Waals surface area contributed by atoms with Crippen molar-refractivity contribution >= 4 is 0 Å². The van der Waals surface area contributed by atoms with Gasteiger partial charge < -0.3 is 4.74 Å². The van der Waals surface area contributed by atoms with E-state index in [-0.39, 0.29) is 0 Å². The van der Waals surface area contributed by atoms with Crippen molar-refractivity contribution in [3.63, 3.8) is 0 Å². The first kappa shape index (κ1) is 28.1. The van der Waals surface area contributed by atoms with Gasteiger partial charge in [-0.2, -0.15) is 0 Å². The maximum Gasteiger partial charge on any atom is 0.119 e. The van der Waals surface area contributed by atoms with Crippen LogP contribution >= 0.6 is 0 Å². The lowest BCUT2D eigenvalue weighted by atomic mass is 10.0. The highest BCUT2D eigenvalue weighted by Gasteiger charge is 1.98. The fourth-order valence-electron chi connectivity index (χ4n) is 4.19. The van der Waals surface area contributed by atoms with Crippen LogP contribution in [-0.4, -0.2) is 6.61 Å². The summed E-state index contributed by atoms with van der Waals surface area (Å²) in [5.41, 5.74) is 1.45. The first-order valence-electron chi connectivity index (χ1n) is 13.9. The van der Waals surface area contributed by atoms with Crippen LogP contribution < -0.4 is 4.74 Å². The molecule has 0 spiro atoms. The van der Waals surface area contributed by atoms with E-state index in [2.05, 4.69) is 44.5 Å². The van der Waals surface area contributed by atoms with E-state index >= 15 is 0 Å². The van der Waals surface area contributed by atoms with Gasteiger partial charge in [0.1, 0.15) is 5.75 Å². The summed E-state index contributed by atoms with van der Waals surface area (Å²) in [7, 11) is 0. The second kappa shape index (κ2) is 22.2. The normalized spacial score (nSPS) is 11.2. The highest BCUT2D eigenvalue weighted by atomic mass is 16.5. The molecule has 0 aliphatic carbocycles. The molecule has 0 aromatic heterocycles. The van der Waals surface area contributed by atoms with Crippen molar-refractivity contribution in [3.05, 3.63) is 36.2 Å². The Hall–Kier alpha value is -0.980. The van der Waals surface area contributed by atoms with Gasteiger partial charge in [-0.25, -0.2) is 0 Å². The van der Waals surface area contributed by atoms with Crippen LogP contribution in [-0.2, 0) is 6.42 Å². The number of benzene rings is 1. The Balaban J connectivity index is 1.90. The molecule has 0 saturated heterocycles. The van der Waals surface area contributed by atoms with Crippen LogP contribution in [0, 0.1) is 6.42 Å². The molecule has 0 saturated carbocycles. The number of unbranched alkanes of at least 4 members (excludes halogenated alkanes) is 18. The number of aryl methyl sites for hydroxylation is 1. The van der Waals surface area contributed by atoms with Crippen LogP contribution in [0.3, 0.4) is 0 Å². The highest BCUT2D eigenvalue weighted by molar-refractivity contribution is 5.27. The summed E-state index contributed by atoms with van der Waals surface area (Å²) in [6.07, 6.45) is 29.6. The van der Waals surface area contributed by atoms with E-state index in [1.807, 2.05) is 0 Å². The Morgan fingerprint density at radius 1 is 0.548 bits per heavy atom. The van der Waals surface area contributed by atoms with E-state index in [0.717, 1.165) is 12.4 Å². The minimum absolute atomic E-state index is 0.865. The average molecular weight is 430 g/mol. The van der Waals surface area contributed by atoms with Gasteiger partial charge in [0.15, 0.2) is 0 Å². The van der Waals surface area contributed by atoms with Gasteiger partial charge >= 0.3 is 0 Å². The Labute approximate surface area is 195 Å². The minimum atomic E-state index is 0.865. The van der Waals surface area contributed by atoms with E-state index in [0.29, 0.717) is 0 Å². The minimum Gasteiger partial charge on any atom is -0.494 e. The van der Waals surface area contributed by atoms with Crippen molar-refractivity contribution < 1.29 is 4.74 Å². The van der Waals surface area contributed by atoms with E-state index in [9.17, 15) is 0 Å². The van der Waals surface area contributed by atoms with E-state index in [4.69, 9.17) is 4.74 Å². The third-order valence-electron chi connectivity index (χ3n) is 6.33. The molecule has 0 unspecified atom stereocenters. The molecule has 1 heteroatoms. The standard InChI is InChI=1S/C30H53O/c1-3-5-7-9-11-13-15-17-19-21-23-29-24-26-30(27-25-29)31-28-22-20-18-16-14-12-10-8-6-4-2/h15,24-27H,3-14,16-23,28H2,1-2H3. The molecular formula is C30H53O. The maximum atomic E-state index is 5.93. The second-order valence-corrected chi connectivity index (χ2v) is 9.41. The monoisotopic (exact) mass is 429 g/mol. The lowest BCUT2D eigenvalue weighted by Gasteiger charge is -2.08. The zero-order chi connectivity index (χ0) is 22.2. The summed E-state index contributed by atoms with van der Waals surface area (Å²) in [5, 5.41) is 0. The van der Waals surface area contributed by atoms with E-state index < -0.39 is 0 Å². The number of rotatable bonds is 23. The van der Waals surface area contributed by atoms with E-state index in [1.54, 1.807) is 0 Å². The third kappa shape index (κ3) is 18.3. The molecule has 1 nitrogen and oxygen atoms in total. The summed E-state index contributed by atoms with van der Waals surface area (Å²) in [6.45, 7) is 5.44. The molecule has 31 heavy (non-hydrogen) atoms. The fourth-order valence-corrected chi connectivity index (χ4v) is 4.19. The molecular weight excluding hydrogens is 376 g/mol. The second-order valence-electron chi connectivity index (χ2n) is 9.41. The average Bonchev–Trinajstić information content (AvgIpc) is 2.79. The molecule has 1 rings (SSSR count). The van der Waals surface area contributed by atoms with E-state index in [1.165, 1.54) is 134 Å². The molecule has 1 aromatic carbocycles. The topological polar surface area (TPSA) is 9.23 Å². The quantitative estimate of drug-likeness (QED) is 0.157. The van der Waals surface area contributed by atoms with Crippen LogP contribution in [0.25, 0.3) is 0 Å². The first-order chi connectivity index (χ1) is 15.4. The zero-order valence-corrected chi connectivity index (χ0v) is 21.1. The predicted molar refractivity (Wildman–Crippen MR) is 139 cm³/mol. The Morgan fingerprint density at radius 2 is 1.03 bits per heavy atom. The molecule has 1 radical (unpaired) electrons. The van der Waals surface area contributed by atoms with Gasteiger partial charge in [-0.3, -0.25) is 0 Å². The summed E-state index contributed by atoms with van der Waals surface area (Å²) in [6, 6.07) is 8.83. The fraction of sp³-hybridized carbons (Fsp3) is 0.767. The van der Waals surface area contributed by atoms with Gasteiger partial charge in [-0.05, 0) is 43.4 Å². The van der Waals surface area contributed by atoms with Crippen molar-refractivity contribution in [1.82, 2.24) is 0 Å². The summed E-state index contributed by atoms with van der Waals surface area (Å²) < 4.78 is 5.93. The molecule has 0 fully saturated rings. The molecule has 0 aliphatic heterocycles. The van der Waals surface area contributed by atoms with Crippen molar-refractivity contribution in [1.29, 1.82) is 0 Å². The molecule has 0 bridgehead atoms. The number of ether oxygens (including phenoxy) is 1. The molecule has 0 aliphatic rings. The summed E-state index contributed by atoms with van der Waals surface area (Å²) in [5.74, 6) is 1.04. The van der Waals surface area contributed by atoms with Crippen molar-refractivity contribution in [3.8, 4) is 5.75 Å².